The van der Waals surface area contributed by atoms with E-state index in [0.717, 1.165) is 11.8 Å². The average molecular weight is 337 g/mol. The number of hydrogen-bond acceptors (Lipinski definition) is 0. The van der Waals surface area contributed by atoms with Crippen molar-refractivity contribution in [2.45, 2.75) is 41.6 Å². The van der Waals surface area contributed by atoms with Crippen molar-refractivity contribution in [1.29, 1.82) is 0 Å². The molecule has 0 aliphatic rings. The molecule has 0 heterocycles. The van der Waals surface area contributed by atoms with Gasteiger partial charge in [0, 0.05) is 0 Å². The molecule has 0 aromatic carbocycles. The van der Waals surface area contributed by atoms with Crippen LogP contribution in [0.1, 0.15) is 27.7 Å². The molecule has 0 aromatic rings. The van der Waals surface area contributed by atoms with E-state index in [-0.39, 0.29) is 17.0 Å². The Morgan fingerprint density at radius 3 is 1.36 bits per heavy atom. The smallest absolute Gasteiger partial charge is 1.00 e. The SMILES string of the molecule is CC(C)C[Te+](C)CC(C)C.[Br-]. The van der Waals surface area contributed by atoms with Gasteiger partial charge in [0.05, 0.1) is 0 Å². The molecule has 2 heteroatoms. The van der Waals surface area contributed by atoms with Gasteiger partial charge in [0.25, 0.3) is 0 Å². The van der Waals surface area contributed by atoms with Gasteiger partial charge in [-0.1, -0.05) is 0 Å². The van der Waals surface area contributed by atoms with Gasteiger partial charge in [0.2, 0.25) is 0 Å². The maximum absolute atomic E-state index is 2.53. The molecular weight excluding hydrogens is 316 g/mol. The van der Waals surface area contributed by atoms with Crippen molar-refractivity contribution in [1.82, 2.24) is 0 Å². The van der Waals surface area contributed by atoms with Gasteiger partial charge in [-0.15, -0.1) is 0 Å². The van der Waals surface area contributed by atoms with E-state index < -0.39 is 19.6 Å². The minimum Gasteiger partial charge on any atom is -1.00 e. The van der Waals surface area contributed by atoms with Gasteiger partial charge < -0.3 is 17.0 Å². The molecule has 0 aromatic heterocycles. The van der Waals surface area contributed by atoms with Crippen LogP contribution in [0, 0.1) is 11.8 Å². The van der Waals surface area contributed by atoms with Gasteiger partial charge in [-0.05, 0) is 0 Å². The van der Waals surface area contributed by atoms with Crippen LogP contribution in [0.2, 0.25) is 13.9 Å². The van der Waals surface area contributed by atoms with E-state index in [1.165, 1.54) is 0 Å². The second kappa shape index (κ2) is 7.90. The van der Waals surface area contributed by atoms with E-state index in [9.17, 15) is 0 Å². The van der Waals surface area contributed by atoms with E-state index in [0.29, 0.717) is 0 Å². The minimum absolute atomic E-state index is 0. The second-order valence-corrected chi connectivity index (χ2v) is 10.3. The number of rotatable bonds is 4. The van der Waals surface area contributed by atoms with Gasteiger partial charge in [-0.25, -0.2) is 0 Å². The second-order valence-electron chi connectivity index (χ2n) is 3.90. The normalized spacial score (nSPS) is 10.9. The van der Waals surface area contributed by atoms with Crippen molar-refractivity contribution >= 4 is 19.6 Å². The average Bonchev–Trinajstić information content (AvgIpc) is 1.58. The Kier molecular flexibility index (Phi) is 10.6. The van der Waals surface area contributed by atoms with Crippen LogP contribution >= 0.6 is 0 Å². The first-order valence-corrected chi connectivity index (χ1v) is 9.74. The molecule has 0 spiro atoms. The third-order valence-corrected chi connectivity index (χ3v) is 8.29. The first kappa shape index (κ1) is 14.8. The molecule has 0 amide bonds. The van der Waals surface area contributed by atoms with Gasteiger partial charge in [0.1, 0.15) is 0 Å². The quantitative estimate of drug-likeness (QED) is 0.653. The van der Waals surface area contributed by atoms with Crippen LogP contribution in [0.15, 0.2) is 0 Å². The summed E-state index contributed by atoms with van der Waals surface area (Å²) in [5, 5.41) is 0. The Hall–Kier alpha value is 1.27. The maximum atomic E-state index is 2.53. The summed E-state index contributed by atoms with van der Waals surface area (Å²) >= 11 is -0.594. The van der Waals surface area contributed by atoms with Gasteiger partial charge in [-0.2, -0.15) is 0 Å². The Morgan fingerprint density at radius 1 is 0.909 bits per heavy atom. The zero-order valence-electron chi connectivity index (χ0n) is 8.36. The molecule has 0 N–H and O–H groups in total. The maximum Gasteiger partial charge on any atom is -1.00 e. The van der Waals surface area contributed by atoms with Crippen LogP contribution < -0.4 is 17.0 Å². The largest absolute Gasteiger partial charge is 1.00 e. The molecule has 0 aliphatic heterocycles. The van der Waals surface area contributed by atoms with Crippen molar-refractivity contribution in [3.63, 3.8) is 0 Å². The minimum atomic E-state index is -0.594. The zero-order valence-corrected chi connectivity index (χ0v) is 12.3. The summed E-state index contributed by atoms with van der Waals surface area (Å²) in [6.45, 7) is 9.38. The first-order chi connectivity index (χ1) is 4.52. The predicted molar refractivity (Wildman–Crippen MR) is 50.9 cm³/mol. The topological polar surface area (TPSA) is 0 Å². The number of halogens is 1. The summed E-state index contributed by atoms with van der Waals surface area (Å²) in [6.07, 6.45) is 0. The standard InChI is InChI=1S/C9H21Te.BrH/c1-8(2)6-10(5)7-9(3)4;/h8-9H,6-7H2,1-5H3;1H/q+1;/p-1. The third kappa shape index (κ3) is 11.3. The molecule has 0 saturated heterocycles. The van der Waals surface area contributed by atoms with Crippen LogP contribution in [-0.2, 0) is 0 Å². The third-order valence-electron chi connectivity index (χ3n) is 1.24. The van der Waals surface area contributed by atoms with Crippen LogP contribution in [0.25, 0.3) is 0 Å². The number of hydrogen-bond donors (Lipinski definition) is 0. The molecule has 0 radical (unpaired) electrons. The zero-order chi connectivity index (χ0) is 8.15. The van der Waals surface area contributed by atoms with Crippen molar-refractivity contribution in [2.75, 3.05) is 0 Å². The summed E-state index contributed by atoms with van der Waals surface area (Å²) in [7, 11) is 0. The fourth-order valence-corrected chi connectivity index (χ4v) is 8.09. The summed E-state index contributed by atoms with van der Waals surface area (Å²) in [5.74, 6) is 1.89. The summed E-state index contributed by atoms with van der Waals surface area (Å²) in [5.41, 5.74) is 0. The van der Waals surface area contributed by atoms with E-state index in [1.807, 2.05) is 0 Å². The molecule has 0 saturated carbocycles. The fraction of sp³-hybridized carbons (Fsp3) is 1.00. The first-order valence-electron chi connectivity index (χ1n) is 4.11. The molecule has 0 nitrogen and oxygen atoms in total. The molecular formula is C9H21BrTe. The fourth-order valence-electron chi connectivity index (χ4n) is 1.21. The molecule has 0 atom stereocenters. The van der Waals surface area contributed by atoms with Crippen LogP contribution in [0.3, 0.4) is 0 Å². The summed E-state index contributed by atoms with van der Waals surface area (Å²) in [6, 6.07) is 0. The van der Waals surface area contributed by atoms with Gasteiger partial charge >= 0.3 is 73.0 Å². The summed E-state index contributed by atoms with van der Waals surface area (Å²) < 4.78 is 3.11. The Bertz CT molecular complexity index is 71.6. The van der Waals surface area contributed by atoms with Crippen LogP contribution in [0.4, 0.5) is 0 Å². The van der Waals surface area contributed by atoms with Crippen LogP contribution in [0.5, 0.6) is 0 Å². The monoisotopic (exact) mass is 338 g/mol. The van der Waals surface area contributed by atoms with E-state index >= 15 is 0 Å². The molecule has 70 valence electrons. The van der Waals surface area contributed by atoms with Gasteiger partial charge in [0.15, 0.2) is 0 Å². The van der Waals surface area contributed by atoms with Crippen LogP contribution in [-0.4, -0.2) is 19.6 Å². The van der Waals surface area contributed by atoms with E-state index in [2.05, 4.69) is 32.7 Å². The summed E-state index contributed by atoms with van der Waals surface area (Å²) in [4.78, 5) is 2.53. The predicted octanol–water partition coefficient (Wildman–Crippen LogP) is 0.427. The Morgan fingerprint density at radius 2 is 1.18 bits per heavy atom. The molecule has 0 fully saturated rings. The molecule has 0 bridgehead atoms. The van der Waals surface area contributed by atoms with E-state index in [1.54, 1.807) is 8.94 Å². The Balaban J connectivity index is 0. The Labute approximate surface area is 89.6 Å². The molecule has 0 unspecified atom stereocenters. The van der Waals surface area contributed by atoms with Crippen molar-refractivity contribution < 1.29 is 17.0 Å². The van der Waals surface area contributed by atoms with Crippen molar-refractivity contribution in [3.8, 4) is 0 Å². The van der Waals surface area contributed by atoms with E-state index in [4.69, 9.17) is 0 Å². The molecule has 0 aliphatic carbocycles. The van der Waals surface area contributed by atoms with Gasteiger partial charge in [-0.3, -0.25) is 0 Å². The molecule has 0 rings (SSSR count). The van der Waals surface area contributed by atoms with Crippen molar-refractivity contribution in [3.05, 3.63) is 0 Å². The molecule has 11 heavy (non-hydrogen) atoms. The van der Waals surface area contributed by atoms with Crippen molar-refractivity contribution in [2.24, 2.45) is 11.8 Å².